The van der Waals surface area contributed by atoms with E-state index in [1.54, 1.807) is 0 Å². The number of nitrogens with zero attached hydrogens (tertiary/aromatic N) is 1. The Balaban J connectivity index is 1.17. The average molecular weight is 602 g/mol. The van der Waals surface area contributed by atoms with E-state index in [1.165, 1.54) is 21.9 Å². The fraction of sp³-hybridized carbons (Fsp3) is 0. The Labute approximate surface area is 270 Å². The Morgan fingerprint density at radius 2 is 0.809 bits per heavy atom. The molecule has 3 heteroatoms. The molecule has 0 unspecified atom stereocenters. The second-order valence-corrected chi connectivity index (χ2v) is 12.2. The Morgan fingerprint density at radius 3 is 1.47 bits per heavy atom. The summed E-state index contributed by atoms with van der Waals surface area (Å²) in [4.78, 5) is 2.32. The summed E-state index contributed by atoms with van der Waals surface area (Å²) in [6.45, 7) is 0. The van der Waals surface area contributed by atoms with Gasteiger partial charge in [-0.3, -0.25) is 0 Å². The number of hydrogen-bond donors (Lipinski definition) is 0. The Kier molecular flexibility index (Phi) is 5.57. The predicted octanol–water partition coefficient (Wildman–Crippen LogP) is 12.9. The van der Waals surface area contributed by atoms with Crippen LogP contribution in [0.4, 0.5) is 17.1 Å². The zero-order chi connectivity index (χ0) is 30.9. The molecule has 0 saturated heterocycles. The van der Waals surface area contributed by atoms with E-state index in [-0.39, 0.29) is 0 Å². The Morgan fingerprint density at radius 1 is 0.319 bits per heavy atom. The predicted molar refractivity (Wildman–Crippen MR) is 196 cm³/mol. The van der Waals surface area contributed by atoms with E-state index in [9.17, 15) is 0 Å². The van der Waals surface area contributed by atoms with Gasteiger partial charge in [0, 0.05) is 38.6 Å². The molecule has 220 valence electrons. The molecule has 0 N–H and O–H groups in total. The minimum atomic E-state index is 0.864. The molecule has 0 fully saturated rings. The quantitative estimate of drug-likeness (QED) is 0.201. The van der Waals surface area contributed by atoms with E-state index < -0.39 is 0 Å². The van der Waals surface area contributed by atoms with E-state index in [0.717, 1.165) is 71.7 Å². The Bertz CT molecular complexity index is 2770. The van der Waals surface area contributed by atoms with E-state index in [2.05, 4.69) is 157 Å². The third-order valence-electron chi connectivity index (χ3n) is 9.38. The first-order valence-corrected chi connectivity index (χ1v) is 15.9. The molecule has 0 aliphatic rings. The van der Waals surface area contributed by atoms with Crippen LogP contribution >= 0.6 is 0 Å². The number of benzene rings is 8. The molecule has 10 aromatic rings. The van der Waals surface area contributed by atoms with Gasteiger partial charge >= 0.3 is 0 Å². The lowest BCUT2D eigenvalue weighted by Crippen LogP contribution is -2.09. The summed E-state index contributed by atoms with van der Waals surface area (Å²) in [7, 11) is 0. The standard InChI is InChI=1S/C44H27NO2/c1-3-9-28(10-4-1)29-15-18-35(19-16-29)45(34-13-5-2-6-14-34)36-20-17-32-27-42-38(25-33(32)23-36)44-40(47-42)22-21-39-43(44)37-24-30-11-7-8-12-31(30)26-41(37)46-39/h1-27H. The van der Waals surface area contributed by atoms with Crippen molar-refractivity contribution in [3.05, 3.63) is 164 Å². The zero-order valence-corrected chi connectivity index (χ0v) is 25.4. The van der Waals surface area contributed by atoms with Crippen molar-refractivity contribution in [2.45, 2.75) is 0 Å². The van der Waals surface area contributed by atoms with E-state index in [1.807, 2.05) is 12.1 Å². The van der Waals surface area contributed by atoms with Gasteiger partial charge < -0.3 is 13.7 Å². The van der Waals surface area contributed by atoms with Crippen LogP contribution in [-0.2, 0) is 0 Å². The third-order valence-corrected chi connectivity index (χ3v) is 9.38. The van der Waals surface area contributed by atoms with Gasteiger partial charge in [0.2, 0.25) is 0 Å². The molecule has 0 bridgehead atoms. The largest absolute Gasteiger partial charge is 0.456 e. The first kappa shape index (κ1) is 26.0. The molecule has 2 aromatic heterocycles. The topological polar surface area (TPSA) is 29.5 Å². The fourth-order valence-electron chi connectivity index (χ4n) is 7.15. The number of fused-ring (bicyclic) bond motifs is 9. The van der Waals surface area contributed by atoms with Crippen LogP contribution in [0.1, 0.15) is 0 Å². The summed E-state index contributed by atoms with van der Waals surface area (Å²) in [5.74, 6) is 0. The van der Waals surface area contributed by atoms with Gasteiger partial charge in [-0.1, -0.05) is 91.0 Å². The van der Waals surface area contributed by atoms with Crippen molar-refractivity contribution in [1.82, 2.24) is 0 Å². The number of furan rings is 2. The number of hydrogen-bond acceptors (Lipinski definition) is 3. The molecule has 0 radical (unpaired) electrons. The van der Waals surface area contributed by atoms with Crippen LogP contribution in [0.15, 0.2) is 173 Å². The normalized spacial score (nSPS) is 11.8. The molecule has 0 spiro atoms. The van der Waals surface area contributed by atoms with Crippen LogP contribution in [0.25, 0.3) is 76.5 Å². The van der Waals surface area contributed by atoms with Crippen LogP contribution in [0.5, 0.6) is 0 Å². The highest BCUT2D eigenvalue weighted by atomic mass is 16.3. The fourth-order valence-corrected chi connectivity index (χ4v) is 7.15. The number of rotatable bonds is 4. The van der Waals surface area contributed by atoms with Gasteiger partial charge in [-0.15, -0.1) is 0 Å². The van der Waals surface area contributed by atoms with Crippen LogP contribution in [0.2, 0.25) is 0 Å². The number of anilines is 3. The van der Waals surface area contributed by atoms with Gasteiger partial charge in [-0.25, -0.2) is 0 Å². The summed E-state index contributed by atoms with van der Waals surface area (Å²) in [5.41, 5.74) is 9.20. The lowest BCUT2D eigenvalue weighted by Gasteiger charge is -2.26. The van der Waals surface area contributed by atoms with Crippen LogP contribution in [-0.4, -0.2) is 0 Å². The first-order valence-electron chi connectivity index (χ1n) is 15.9. The molecular weight excluding hydrogens is 574 g/mol. The molecule has 0 amide bonds. The van der Waals surface area contributed by atoms with Crippen molar-refractivity contribution in [3.8, 4) is 11.1 Å². The van der Waals surface area contributed by atoms with E-state index in [0.29, 0.717) is 0 Å². The van der Waals surface area contributed by atoms with Crippen LogP contribution < -0.4 is 4.90 Å². The molecule has 3 nitrogen and oxygen atoms in total. The molecule has 47 heavy (non-hydrogen) atoms. The number of para-hydroxylation sites is 1. The second kappa shape index (κ2) is 10.1. The lowest BCUT2D eigenvalue weighted by molar-refractivity contribution is 0.663. The average Bonchev–Trinajstić information content (AvgIpc) is 3.67. The summed E-state index contributed by atoms with van der Waals surface area (Å²) in [6.07, 6.45) is 0. The monoisotopic (exact) mass is 601 g/mol. The second-order valence-electron chi connectivity index (χ2n) is 12.2. The minimum Gasteiger partial charge on any atom is -0.456 e. The molecule has 0 saturated carbocycles. The van der Waals surface area contributed by atoms with E-state index >= 15 is 0 Å². The van der Waals surface area contributed by atoms with Crippen LogP contribution in [0.3, 0.4) is 0 Å². The first-order chi connectivity index (χ1) is 23.3. The van der Waals surface area contributed by atoms with Crippen molar-refractivity contribution in [2.75, 3.05) is 4.90 Å². The molecular formula is C44H27NO2. The van der Waals surface area contributed by atoms with Gasteiger partial charge in [0.15, 0.2) is 0 Å². The van der Waals surface area contributed by atoms with Gasteiger partial charge in [0.1, 0.15) is 22.3 Å². The van der Waals surface area contributed by atoms with Crippen molar-refractivity contribution >= 4 is 82.5 Å². The van der Waals surface area contributed by atoms with Gasteiger partial charge in [0.05, 0.1) is 0 Å². The third kappa shape index (κ3) is 4.14. The smallest absolute Gasteiger partial charge is 0.136 e. The molecule has 0 aliphatic carbocycles. The summed E-state index contributed by atoms with van der Waals surface area (Å²) in [5, 5.41) is 9.03. The lowest BCUT2D eigenvalue weighted by atomic mass is 10.0. The van der Waals surface area contributed by atoms with Crippen molar-refractivity contribution in [2.24, 2.45) is 0 Å². The minimum absolute atomic E-state index is 0.864. The van der Waals surface area contributed by atoms with E-state index in [4.69, 9.17) is 8.83 Å². The maximum absolute atomic E-state index is 6.49. The molecule has 8 aromatic carbocycles. The van der Waals surface area contributed by atoms with Crippen LogP contribution in [0, 0.1) is 0 Å². The van der Waals surface area contributed by atoms with Crippen molar-refractivity contribution in [1.29, 1.82) is 0 Å². The highest BCUT2D eigenvalue weighted by Crippen LogP contribution is 2.43. The SMILES string of the molecule is c1ccc(-c2ccc(N(c3ccccc3)c3ccc4cc5oc6ccc7oc8cc9ccccc9cc8c7c6c5cc4c3)cc2)cc1. The van der Waals surface area contributed by atoms with Gasteiger partial charge in [-0.05, 0) is 105 Å². The van der Waals surface area contributed by atoms with Crippen molar-refractivity contribution in [3.63, 3.8) is 0 Å². The maximum Gasteiger partial charge on any atom is 0.136 e. The molecule has 0 aliphatic heterocycles. The van der Waals surface area contributed by atoms with Gasteiger partial charge in [0.25, 0.3) is 0 Å². The molecule has 0 atom stereocenters. The molecule has 2 heterocycles. The van der Waals surface area contributed by atoms with Crippen molar-refractivity contribution < 1.29 is 8.83 Å². The summed E-state index contributed by atoms with van der Waals surface area (Å²) < 4.78 is 12.9. The summed E-state index contributed by atoms with van der Waals surface area (Å²) in [6, 6.07) is 57.9. The zero-order valence-electron chi connectivity index (χ0n) is 25.4. The maximum atomic E-state index is 6.49. The highest BCUT2D eigenvalue weighted by molar-refractivity contribution is 6.27. The Hall–Kier alpha value is -6.32. The highest BCUT2D eigenvalue weighted by Gasteiger charge is 2.19. The van der Waals surface area contributed by atoms with Gasteiger partial charge in [-0.2, -0.15) is 0 Å². The summed E-state index contributed by atoms with van der Waals surface area (Å²) >= 11 is 0. The molecule has 10 rings (SSSR count).